The van der Waals surface area contributed by atoms with Crippen molar-refractivity contribution >= 4 is 27.1 Å². The molecule has 0 unspecified atom stereocenters. The summed E-state index contributed by atoms with van der Waals surface area (Å²) in [6.45, 7) is 6.20. The molecule has 1 aliphatic rings. The monoisotopic (exact) mass is 466 g/mol. The smallest absolute Gasteiger partial charge is 0.270 e. The van der Waals surface area contributed by atoms with Crippen molar-refractivity contribution in [3.05, 3.63) is 58.9 Å². The fourth-order valence-corrected chi connectivity index (χ4v) is 5.64. The number of halogens is 2. The van der Waals surface area contributed by atoms with Gasteiger partial charge in [-0.25, -0.2) is 17.2 Å². The van der Waals surface area contributed by atoms with Gasteiger partial charge in [0.2, 0.25) is 0 Å². The van der Waals surface area contributed by atoms with Crippen molar-refractivity contribution in [2.45, 2.75) is 45.2 Å². The van der Waals surface area contributed by atoms with Crippen LogP contribution in [0.15, 0.2) is 36.5 Å². The van der Waals surface area contributed by atoms with E-state index < -0.39 is 27.2 Å². The molecular formula is C22H28F2N4O3S. The Hall–Kier alpha value is -2.88. The number of alkyl halides is 2. The molecule has 0 spiro atoms. The van der Waals surface area contributed by atoms with Gasteiger partial charge in [-0.15, -0.1) is 0 Å². The number of amides is 1. The van der Waals surface area contributed by atoms with E-state index in [1.54, 1.807) is 13.0 Å². The van der Waals surface area contributed by atoms with Crippen molar-refractivity contribution in [1.29, 1.82) is 5.41 Å². The number of carbonyl (C=O) groups excluding carboxylic acids is 1. The topological polar surface area (TPSA) is 112 Å². The van der Waals surface area contributed by atoms with Crippen LogP contribution in [-0.4, -0.2) is 48.1 Å². The Morgan fingerprint density at radius 1 is 1.25 bits per heavy atom. The lowest BCUT2D eigenvalue weighted by Gasteiger charge is -2.38. The van der Waals surface area contributed by atoms with Gasteiger partial charge in [0, 0.05) is 31.7 Å². The second kappa shape index (κ2) is 8.23. The van der Waals surface area contributed by atoms with E-state index in [-0.39, 0.29) is 47.1 Å². The van der Waals surface area contributed by atoms with E-state index in [1.807, 2.05) is 13.8 Å². The minimum atomic E-state index is -3.13. The first-order valence-electron chi connectivity index (χ1n) is 10.1. The second-order valence-electron chi connectivity index (χ2n) is 8.81. The van der Waals surface area contributed by atoms with Crippen LogP contribution in [0.2, 0.25) is 0 Å². The standard InChI is InChI=1S/C22H26F2N4O3S.H2/c1-13(2)27-17-9-15(20(29)28-21(3)11-32(30,31)12-21)10-26-19(17)18(25)14-6-5-7-16(8-14)22(4,23)24;/h5-10,13,25,27H,11-12H2,1-4H3,(H,28,29);1H. The van der Waals surface area contributed by atoms with Gasteiger partial charge >= 0.3 is 0 Å². The predicted molar refractivity (Wildman–Crippen MR) is 122 cm³/mol. The van der Waals surface area contributed by atoms with Gasteiger partial charge in [-0.2, -0.15) is 0 Å². The second-order valence-corrected chi connectivity index (χ2v) is 10.9. The number of aromatic nitrogens is 1. The van der Waals surface area contributed by atoms with Gasteiger partial charge in [0.1, 0.15) is 5.69 Å². The molecule has 1 saturated heterocycles. The highest BCUT2D eigenvalue weighted by Gasteiger charge is 2.45. The van der Waals surface area contributed by atoms with E-state index in [9.17, 15) is 22.0 Å². The van der Waals surface area contributed by atoms with Gasteiger partial charge in [-0.3, -0.25) is 15.2 Å². The normalized spacial score (nSPS) is 16.8. The van der Waals surface area contributed by atoms with E-state index >= 15 is 0 Å². The Bertz CT molecular complexity index is 1170. The van der Waals surface area contributed by atoms with Crippen LogP contribution in [0.3, 0.4) is 0 Å². The van der Waals surface area contributed by atoms with E-state index in [4.69, 9.17) is 5.41 Å². The quantitative estimate of drug-likeness (QED) is 0.540. The maximum atomic E-state index is 13.7. The third kappa shape index (κ3) is 5.29. The van der Waals surface area contributed by atoms with Crippen LogP contribution in [0.4, 0.5) is 14.5 Å². The summed E-state index contributed by atoms with van der Waals surface area (Å²) in [4.78, 5) is 17.0. The van der Waals surface area contributed by atoms with Crippen LogP contribution in [-0.2, 0) is 15.8 Å². The van der Waals surface area contributed by atoms with E-state index in [1.165, 1.54) is 30.5 Å². The molecule has 2 heterocycles. The van der Waals surface area contributed by atoms with E-state index in [0.29, 0.717) is 5.69 Å². The number of benzene rings is 1. The Kier molecular flexibility index (Phi) is 6.12. The molecular weight excluding hydrogens is 438 g/mol. The van der Waals surface area contributed by atoms with Crippen molar-refractivity contribution in [2.75, 3.05) is 16.8 Å². The first-order chi connectivity index (χ1) is 14.7. The number of carbonyl (C=O) groups is 1. The van der Waals surface area contributed by atoms with Crippen LogP contribution < -0.4 is 10.6 Å². The van der Waals surface area contributed by atoms with Crippen LogP contribution in [0, 0.1) is 5.41 Å². The molecule has 0 atom stereocenters. The zero-order chi connectivity index (χ0) is 23.9. The minimum Gasteiger partial charge on any atom is -0.381 e. The third-order valence-electron chi connectivity index (χ3n) is 4.98. The lowest BCUT2D eigenvalue weighted by molar-refractivity contribution is 0.0174. The van der Waals surface area contributed by atoms with E-state index in [2.05, 4.69) is 15.6 Å². The van der Waals surface area contributed by atoms with Crippen molar-refractivity contribution in [2.24, 2.45) is 0 Å². The van der Waals surface area contributed by atoms with Crippen molar-refractivity contribution in [3.8, 4) is 0 Å². The molecule has 2 aromatic rings. The molecule has 1 aromatic carbocycles. The SMILES string of the molecule is CC(C)Nc1cc(C(=O)NC2(C)CS(=O)(=O)C2)cnc1C(=N)c1cccc(C(C)(F)F)c1.[HH]. The van der Waals surface area contributed by atoms with Gasteiger partial charge in [-0.05, 0) is 32.9 Å². The first kappa shape index (κ1) is 23.8. The first-order valence-corrected chi connectivity index (χ1v) is 11.9. The number of hydrogen-bond acceptors (Lipinski definition) is 6. The molecule has 1 fully saturated rings. The number of rotatable bonds is 7. The fourth-order valence-electron chi connectivity index (χ4n) is 3.64. The number of sulfone groups is 1. The van der Waals surface area contributed by atoms with E-state index in [0.717, 1.165) is 6.92 Å². The fraction of sp³-hybridized carbons (Fsp3) is 0.409. The number of nitrogens with one attached hydrogen (secondary N) is 3. The Morgan fingerprint density at radius 2 is 1.91 bits per heavy atom. The molecule has 0 saturated carbocycles. The molecule has 7 nitrogen and oxygen atoms in total. The van der Waals surface area contributed by atoms with Gasteiger partial charge in [-0.1, -0.05) is 18.2 Å². The van der Waals surface area contributed by atoms with Gasteiger partial charge < -0.3 is 10.6 Å². The molecule has 0 aliphatic carbocycles. The summed E-state index contributed by atoms with van der Waals surface area (Å²) in [6.07, 6.45) is 1.29. The van der Waals surface area contributed by atoms with Gasteiger partial charge in [0.15, 0.2) is 9.84 Å². The highest BCUT2D eigenvalue weighted by molar-refractivity contribution is 7.93. The lowest BCUT2D eigenvalue weighted by Crippen LogP contribution is -2.63. The summed E-state index contributed by atoms with van der Waals surface area (Å²) < 4.78 is 50.4. The van der Waals surface area contributed by atoms with Crippen LogP contribution >= 0.6 is 0 Å². The predicted octanol–water partition coefficient (Wildman–Crippen LogP) is 3.59. The maximum Gasteiger partial charge on any atom is 0.270 e. The van der Waals surface area contributed by atoms with Crippen molar-refractivity contribution in [1.82, 2.24) is 10.3 Å². The number of anilines is 1. The zero-order valence-electron chi connectivity index (χ0n) is 18.3. The summed E-state index contributed by atoms with van der Waals surface area (Å²) in [5.41, 5.74) is -0.0292. The molecule has 1 aliphatic heterocycles. The molecule has 10 heteroatoms. The summed E-state index contributed by atoms with van der Waals surface area (Å²) in [5.74, 6) is -3.78. The molecule has 32 heavy (non-hydrogen) atoms. The summed E-state index contributed by atoms with van der Waals surface area (Å²) >= 11 is 0. The third-order valence-corrected chi connectivity index (χ3v) is 7.14. The molecule has 0 bridgehead atoms. The minimum absolute atomic E-state index is 0. The zero-order valence-corrected chi connectivity index (χ0v) is 19.1. The lowest BCUT2D eigenvalue weighted by atomic mass is 10.00. The molecule has 3 N–H and O–H groups in total. The Balaban J connectivity index is 0.00000385. The maximum absolute atomic E-state index is 13.7. The number of hydrogen-bond donors (Lipinski definition) is 3. The highest BCUT2D eigenvalue weighted by atomic mass is 32.2. The average Bonchev–Trinajstić information content (AvgIpc) is 2.64. The molecule has 3 rings (SSSR count). The summed E-state index contributed by atoms with van der Waals surface area (Å²) in [7, 11) is -3.13. The number of pyridine rings is 1. The van der Waals surface area contributed by atoms with Crippen molar-refractivity contribution in [3.63, 3.8) is 0 Å². The number of nitrogens with zero attached hydrogens (tertiary/aromatic N) is 1. The van der Waals surface area contributed by atoms with Crippen LogP contribution in [0.25, 0.3) is 0 Å². The Labute approximate surface area is 187 Å². The molecule has 1 amide bonds. The van der Waals surface area contributed by atoms with Crippen molar-refractivity contribution < 1.29 is 23.4 Å². The van der Waals surface area contributed by atoms with Gasteiger partial charge in [0.25, 0.3) is 11.8 Å². The van der Waals surface area contributed by atoms with Crippen LogP contribution in [0.1, 0.15) is 56.3 Å². The molecule has 174 valence electrons. The Morgan fingerprint density at radius 3 is 2.47 bits per heavy atom. The van der Waals surface area contributed by atoms with Crippen LogP contribution in [0.5, 0.6) is 0 Å². The summed E-state index contributed by atoms with van der Waals surface area (Å²) in [5, 5.41) is 14.4. The summed E-state index contributed by atoms with van der Waals surface area (Å²) in [6, 6.07) is 7.04. The largest absolute Gasteiger partial charge is 0.381 e. The molecule has 0 radical (unpaired) electrons. The average molecular weight is 467 g/mol. The molecule has 1 aromatic heterocycles. The highest BCUT2D eigenvalue weighted by Crippen LogP contribution is 2.29. The van der Waals surface area contributed by atoms with Gasteiger partial charge in [0.05, 0.1) is 34.0 Å².